The van der Waals surface area contributed by atoms with Gasteiger partial charge in [-0.1, -0.05) is 0 Å². The number of pyridine rings is 2. The summed E-state index contributed by atoms with van der Waals surface area (Å²) in [4.78, 5) is 28.7. The highest BCUT2D eigenvalue weighted by molar-refractivity contribution is 5.92. The number of aromatic nitrogens is 3. The lowest BCUT2D eigenvalue weighted by Crippen LogP contribution is -2.30. The molecule has 2 N–H and O–H groups in total. The van der Waals surface area contributed by atoms with Crippen LogP contribution in [0.4, 0.5) is 13.2 Å². The van der Waals surface area contributed by atoms with Crippen LogP contribution in [0.1, 0.15) is 29.0 Å². The van der Waals surface area contributed by atoms with Gasteiger partial charge in [-0.15, -0.1) is 0 Å². The molecule has 0 aliphatic carbocycles. The Morgan fingerprint density at radius 2 is 1.94 bits per heavy atom. The van der Waals surface area contributed by atoms with E-state index in [9.17, 15) is 23.5 Å². The summed E-state index contributed by atoms with van der Waals surface area (Å²) >= 11 is 0. The lowest BCUT2D eigenvalue weighted by atomic mass is 10.1. The molecule has 4 heterocycles. The van der Waals surface area contributed by atoms with Crippen LogP contribution in [0.2, 0.25) is 0 Å². The highest BCUT2D eigenvalue weighted by Crippen LogP contribution is 2.30. The van der Waals surface area contributed by atoms with Gasteiger partial charge in [-0.05, 0) is 31.2 Å². The predicted octanol–water partition coefficient (Wildman–Crippen LogP) is 3.63. The molecule has 168 valence electrons. The number of fused-ring (bicyclic) bond motifs is 2. The fraction of sp³-hybridized carbons (Fsp3) is 0.174. The Labute approximate surface area is 184 Å². The number of carboxylic acids is 1. The van der Waals surface area contributed by atoms with Crippen molar-refractivity contribution in [2.45, 2.75) is 19.5 Å². The Balaban J connectivity index is 1.82. The van der Waals surface area contributed by atoms with E-state index in [1.54, 1.807) is 12.3 Å². The molecule has 1 atom stereocenters. The van der Waals surface area contributed by atoms with Crippen molar-refractivity contribution in [2.24, 2.45) is 0 Å². The van der Waals surface area contributed by atoms with Crippen LogP contribution in [0, 0.1) is 17.5 Å². The van der Waals surface area contributed by atoms with Gasteiger partial charge in [0.05, 0.1) is 11.1 Å². The van der Waals surface area contributed by atoms with Crippen LogP contribution >= 0.6 is 0 Å². The lowest BCUT2D eigenvalue weighted by Gasteiger charge is -2.22. The fourth-order valence-electron chi connectivity index (χ4n) is 4.16. The molecule has 33 heavy (non-hydrogen) atoms. The van der Waals surface area contributed by atoms with E-state index in [0.29, 0.717) is 18.2 Å². The Kier molecular flexibility index (Phi) is 4.82. The summed E-state index contributed by atoms with van der Waals surface area (Å²) in [5.41, 5.74) is -0.718. The molecule has 10 heteroatoms. The third-order valence-corrected chi connectivity index (χ3v) is 5.78. The topological polar surface area (TPSA) is 89.2 Å². The molecule has 3 aromatic heterocycles. The number of nitrogens with one attached hydrogen (secondary N) is 1. The van der Waals surface area contributed by atoms with Crippen LogP contribution in [0.3, 0.4) is 0 Å². The van der Waals surface area contributed by atoms with Crippen molar-refractivity contribution in [1.82, 2.24) is 19.4 Å². The van der Waals surface area contributed by atoms with Gasteiger partial charge in [-0.3, -0.25) is 9.36 Å². The molecular formula is C23H17F3N4O3. The summed E-state index contributed by atoms with van der Waals surface area (Å²) in [7, 11) is 0. The zero-order valence-electron chi connectivity index (χ0n) is 17.3. The summed E-state index contributed by atoms with van der Waals surface area (Å²) in [6.45, 7) is 3.40. The maximum Gasteiger partial charge on any atom is 0.341 e. The zero-order valence-corrected chi connectivity index (χ0v) is 17.3. The van der Waals surface area contributed by atoms with E-state index in [1.165, 1.54) is 0 Å². The van der Waals surface area contributed by atoms with Gasteiger partial charge in [-0.2, -0.15) is 0 Å². The van der Waals surface area contributed by atoms with Crippen molar-refractivity contribution < 1.29 is 23.1 Å². The van der Waals surface area contributed by atoms with Crippen LogP contribution in [0.25, 0.3) is 28.0 Å². The maximum atomic E-state index is 15.1. The Hall–Kier alpha value is -3.92. The molecule has 0 saturated carbocycles. The highest BCUT2D eigenvalue weighted by Gasteiger charge is 2.23. The first-order valence-corrected chi connectivity index (χ1v) is 10.1. The molecule has 7 nitrogen and oxygen atoms in total. The Morgan fingerprint density at radius 1 is 1.15 bits per heavy atom. The van der Waals surface area contributed by atoms with Crippen molar-refractivity contribution in [2.75, 3.05) is 6.54 Å². The first-order valence-electron chi connectivity index (χ1n) is 10.1. The maximum absolute atomic E-state index is 15.1. The average molecular weight is 454 g/mol. The normalized spacial score (nSPS) is 15.6. The van der Waals surface area contributed by atoms with E-state index in [2.05, 4.69) is 10.3 Å². The van der Waals surface area contributed by atoms with Gasteiger partial charge in [0.2, 0.25) is 5.43 Å². The third-order valence-electron chi connectivity index (χ3n) is 5.78. The molecule has 0 bridgehead atoms. The van der Waals surface area contributed by atoms with E-state index >= 15 is 4.39 Å². The van der Waals surface area contributed by atoms with Crippen molar-refractivity contribution in [3.8, 4) is 16.9 Å². The molecule has 1 aliphatic heterocycles. The molecular weight excluding hydrogens is 437 g/mol. The van der Waals surface area contributed by atoms with Crippen LogP contribution in [0.15, 0.2) is 47.5 Å². The summed E-state index contributed by atoms with van der Waals surface area (Å²) in [5.74, 6) is -4.22. The van der Waals surface area contributed by atoms with Gasteiger partial charge in [0.1, 0.15) is 34.4 Å². The number of rotatable bonds is 3. The molecule has 0 saturated heterocycles. The minimum Gasteiger partial charge on any atom is -0.477 e. The number of hydrogen-bond acceptors (Lipinski definition) is 4. The molecule has 5 rings (SSSR count). The second kappa shape index (κ2) is 7.59. The van der Waals surface area contributed by atoms with Gasteiger partial charge < -0.3 is 15.0 Å². The Morgan fingerprint density at radius 3 is 2.64 bits per heavy atom. The molecule has 1 unspecified atom stereocenters. The first kappa shape index (κ1) is 21.0. The van der Waals surface area contributed by atoms with Gasteiger partial charge in [-0.25, -0.2) is 22.9 Å². The standard InChI is InChI=1S/C23H17F3N4O3/c1-11-19-6-12(9-29(19)5-4-27-11)20-17(26)8-14-21(31)15(23(32)33)10-30(22(14)28-20)18-3-2-13(24)7-16(18)25/h2-3,6-11,27H,4-5H2,1H3,(H,32,33). The second-order valence-electron chi connectivity index (χ2n) is 7.86. The van der Waals surface area contributed by atoms with Gasteiger partial charge in [0.25, 0.3) is 0 Å². The number of aromatic carboxylic acids is 1. The Bertz CT molecular complexity index is 1510. The average Bonchev–Trinajstić information content (AvgIpc) is 3.20. The summed E-state index contributed by atoms with van der Waals surface area (Å²) < 4.78 is 46.2. The van der Waals surface area contributed by atoms with Crippen LogP contribution in [-0.4, -0.2) is 31.7 Å². The third kappa shape index (κ3) is 3.39. The number of benzene rings is 1. The molecule has 0 fully saturated rings. The smallest absolute Gasteiger partial charge is 0.341 e. The quantitative estimate of drug-likeness (QED) is 0.494. The highest BCUT2D eigenvalue weighted by atomic mass is 19.1. The number of hydrogen-bond donors (Lipinski definition) is 2. The molecule has 4 aromatic rings. The number of nitrogens with zero attached hydrogens (tertiary/aromatic N) is 3. The van der Waals surface area contributed by atoms with E-state index in [1.807, 2.05) is 11.5 Å². The van der Waals surface area contributed by atoms with Gasteiger partial charge >= 0.3 is 5.97 Å². The van der Waals surface area contributed by atoms with Crippen molar-refractivity contribution in [3.05, 3.63) is 81.7 Å². The van der Waals surface area contributed by atoms with Crippen LogP contribution in [0.5, 0.6) is 0 Å². The van der Waals surface area contributed by atoms with Crippen molar-refractivity contribution in [3.63, 3.8) is 0 Å². The summed E-state index contributed by atoms with van der Waals surface area (Å²) in [5, 5.41) is 12.4. The number of halogens is 3. The molecule has 0 spiro atoms. The molecule has 1 aromatic carbocycles. The zero-order chi connectivity index (χ0) is 23.4. The van der Waals surface area contributed by atoms with E-state index < -0.39 is 34.4 Å². The fourth-order valence-corrected chi connectivity index (χ4v) is 4.16. The van der Waals surface area contributed by atoms with Crippen molar-refractivity contribution in [1.29, 1.82) is 0 Å². The monoisotopic (exact) mass is 454 g/mol. The minimum absolute atomic E-state index is 0.0423. The first-order chi connectivity index (χ1) is 15.7. The second-order valence-corrected chi connectivity index (χ2v) is 7.86. The summed E-state index contributed by atoms with van der Waals surface area (Å²) in [6.07, 6.45) is 2.66. The van der Waals surface area contributed by atoms with Gasteiger partial charge in [0.15, 0.2) is 0 Å². The molecule has 1 aliphatic rings. The molecule has 0 amide bonds. The molecule has 0 radical (unpaired) electrons. The predicted molar refractivity (Wildman–Crippen MR) is 114 cm³/mol. The lowest BCUT2D eigenvalue weighted by molar-refractivity contribution is 0.0695. The van der Waals surface area contributed by atoms with E-state index in [4.69, 9.17) is 0 Å². The van der Waals surface area contributed by atoms with E-state index in [0.717, 1.165) is 41.2 Å². The number of carboxylic acid groups (broad SMARTS) is 1. The largest absolute Gasteiger partial charge is 0.477 e. The van der Waals surface area contributed by atoms with E-state index in [-0.39, 0.29) is 28.5 Å². The van der Waals surface area contributed by atoms with Gasteiger partial charge in [0, 0.05) is 48.8 Å². The van der Waals surface area contributed by atoms with Crippen LogP contribution < -0.4 is 10.7 Å². The van der Waals surface area contributed by atoms with Crippen LogP contribution in [-0.2, 0) is 6.54 Å². The van der Waals surface area contributed by atoms with Crippen molar-refractivity contribution >= 4 is 17.0 Å². The minimum atomic E-state index is -1.57. The SMILES string of the molecule is CC1NCCn2cc(-c3nc4c(cc3F)c(=O)c(C(=O)O)cn4-c3ccc(F)cc3F)cc21. The summed E-state index contributed by atoms with van der Waals surface area (Å²) in [6, 6.07) is 5.43. The number of carbonyl (C=O) groups is 1.